The van der Waals surface area contributed by atoms with Gasteiger partial charge in [0.2, 0.25) is 0 Å². The van der Waals surface area contributed by atoms with Crippen molar-refractivity contribution >= 4 is 11.4 Å². The second-order valence-corrected chi connectivity index (χ2v) is 8.09. The van der Waals surface area contributed by atoms with Crippen LogP contribution in [0.1, 0.15) is 68.7 Å². The average Bonchev–Trinajstić information content (AvgIpc) is 2.57. The first-order valence-corrected chi connectivity index (χ1v) is 9.55. The van der Waals surface area contributed by atoms with Crippen molar-refractivity contribution < 1.29 is 0 Å². The topological polar surface area (TPSA) is 3.24 Å². The lowest BCUT2D eigenvalue weighted by atomic mass is 9.94. The van der Waals surface area contributed by atoms with Gasteiger partial charge in [0.15, 0.2) is 0 Å². The van der Waals surface area contributed by atoms with Gasteiger partial charge >= 0.3 is 0 Å². The zero-order valence-corrected chi connectivity index (χ0v) is 17.9. The lowest BCUT2D eigenvalue weighted by molar-refractivity contribution is 0.398. The van der Waals surface area contributed by atoms with Crippen molar-refractivity contribution in [1.29, 1.82) is 0 Å². The predicted octanol–water partition coefficient (Wildman–Crippen LogP) is 8.09. The second-order valence-electron chi connectivity index (χ2n) is 8.09. The first-order chi connectivity index (χ1) is 11.6. The molecular formula is C24H39N. The zero-order valence-electron chi connectivity index (χ0n) is 17.9. The van der Waals surface area contributed by atoms with Gasteiger partial charge in [-0.1, -0.05) is 84.4 Å². The van der Waals surface area contributed by atoms with E-state index >= 15 is 0 Å². The molecule has 0 saturated heterocycles. The fourth-order valence-electron chi connectivity index (χ4n) is 2.08. The summed E-state index contributed by atoms with van der Waals surface area (Å²) >= 11 is 0. The molecule has 0 unspecified atom stereocenters. The number of hydrogen-bond acceptors (Lipinski definition) is 1. The highest BCUT2D eigenvalue weighted by atomic mass is 15.2. The molecule has 0 aliphatic rings. The molecular weight excluding hydrogens is 302 g/mol. The van der Waals surface area contributed by atoms with Gasteiger partial charge in [0.1, 0.15) is 0 Å². The van der Waals surface area contributed by atoms with Crippen LogP contribution in [0.15, 0.2) is 60.7 Å². The molecule has 2 aromatic rings. The highest BCUT2D eigenvalue weighted by Gasteiger charge is 2.22. The Kier molecular flexibility index (Phi) is 10.2. The fraction of sp³-hybridized carbons (Fsp3) is 0.500. The summed E-state index contributed by atoms with van der Waals surface area (Å²) in [6.45, 7) is 19.6. The van der Waals surface area contributed by atoms with Crippen molar-refractivity contribution in [1.82, 2.24) is 0 Å². The van der Waals surface area contributed by atoms with E-state index in [-0.39, 0.29) is 5.54 Å². The molecule has 0 spiro atoms. The number of para-hydroxylation sites is 2. The van der Waals surface area contributed by atoms with Crippen molar-refractivity contribution in [2.24, 2.45) is 5.41 Å². The first-order valence-electron chi connectivity index (χ1n) is 9.55. The lowest BCUT2D eigenvalue weighted by Gasteiger charge is -2.37. The Balaban J connectivity index is 0.000000614. The van der Waals surface area contributed by atoms with Crippen LogP contribution >= 0.6 is 0 Å². The van der Waals surface area contributed by atoms with Crippen molar-refractivity contribution in [3.8, 4) is 0 Å². The molecule has 0 radical (unpaired) electrons. The van der Waals surface area contributed by atoms with Crippen molar-refractivity contribution in [2.45, 2.75) is 74.3 Å². The molecule has 0 atom stereocenters. The van der Waals surface area contributed by atoms with Crippen LogP contribution in [0.25, 0.3) is 0 Å². The Bertz CT molecular complexity index is 505. The molecule has 0 aliphatic heterocycles. The van der Waals surface area contributed by atoms with Gasteiger partial charge in [0.25, 0.3) is 0 Å². The van der Waals surface area contributed by atoms with Crippen LogP contribution in [-0.4, -0.2) is 5.54 Å². The van der Waals surface area contributed by atoms with Gasteiger partial charge in [-0.2, -0.15) is 0 Å². The molecule has 1 nitrogen and oxygen atoms in total. The van der Waals surface area contributed by atoms with E-state index in [0.29, 0.717) is 5.41 Å². The Labute approximate surface area is 157 Å². The number of hydrogen-bond donors (Lipinski definition) is 0. The summed E-state index contributed by atoms with van der Waals surface area (Å²) in [6, 6.07) is 21.0. The number of nitrogens with zero attached hydrogens (tertiary/aromatic N) is 1. The predicted molar refractivity (Wildman–Crippen MR) is 116 cm³/mol. The minimum Gasteiger partial charge on any atom is -0.336 e. The molecule has 1 heteroatoms. The molecule has 0 aliphatic carbocycles. The summed E-state index contributed by atoms with van der Waals surface area (Å²) in [5, 5.41) is 0. The van der Waals surface area contributed by atoms with E-state index in [4.69, 9.17) is 0 Å². The Hall–Kier alpha value is -1.76. The molecule has 2 rings (SSSR count). The van der Waals surface area contributed by atoms with E-state index in [9.17, 15) is 0 Å². The normalized spacial score (nSPS) is 10.8. The third-order valence-corrected chi connectivity index (χ3v) is 3.76. The number of rotatable bonds is 2. The maximum atomic E-state index is 2.35. The highest BCUT2D eigenvalue weighted by Crippen LogP contribution is 2.32. The summed E-state index contributed by atoms with van der Waals surface area (Å²) in [5.41, 5.74) is 3.06. The van der Waals surface area contributed by atoms with E-state index in [0.717, 1.165) is 0 Å². The molecule has 140 valence electrons. The summed E-state index contributed by atoms with van der Waals surface area (Å²) in [4.78, 5) is 2.35. The zero-order chi connectivity index (χ0) is 19.5. The Morgan fingerprint density at radius 3 is 1.12 bits per heavy atom. The van der Waals surface area contributed by atoms with Crippen LogP contribution in [0.4, 0.5) is 11.4 Å². The van der Waals surface area contributed by atoms with Gasteiger partial charge in [0.05, 0.1) is 0 Å². The average molecular weight is 342 g/mol. The van der Waals surface area contributed by atoms with E-state index < -0.39 is 0 Å². The summed E-state index contributed by atoms with van der Waals surface area (Å²) in [5.74, 6) is 0. The van der Waals surface area contributed by atoms with Crippen LogP contribution in [0.2, 0.25) is 0 Å². The van der Waals surface area contributed by atoms with Crippen molar-refractivity contribution in [2.75, 3.05) is 4.90 Å². The third-order valence-electron chi connectivity index (χ3n) is 3.76. The van der Waals surface area contributed by atoms with Crippen LogP contribution in [0.5, 0.6) is 0 Å². The largest absolute Gasteiger partial charge is 0.336 e. The standard InChI is InChI=1S/C16H19N.C6H14.C2H6/c1-16(2,3)17(14-10-6-4-7-11-14)15-12-8-5-9-13-15;1-5-6(2,3)4;1-2/h4-13H,1-3H3;5H2,1-4H3;1-2H3. The second kappa shape index (κ2) is 11.0. The van der Waals surface area contributed by atoms with Gasteiger partial charge < -0.3 is 4.90 Å². The van der Waals surface area contributed by atoms with E-state index in [1.165, 1.54) is 17.8 Å². The lowest BCUT2D eigenvalue weighted by Crippen LogP contribution is -2.37. The summed E-state index contributed by atoms with van der Waals surface area (Å²) in [7, 11) is 0. The van der Waals surface area contributed by atoms with Gasteiger partial charge in [0, 0.05) is 16.9 Å². The van der Waals surface area contributed by atoms with Crippen molar-refractivity contribution in [3.63, 3.8) is 0 Å². The Morgan fingerprint density at radius 1 is 0.640 bits per heavy atom. The maximum absolute atomic E-state index is 2.35. The third kappa shape index (κ3) is 9.34. The van der Waals surface area contributed by atoms with Gasteiger partial charge in [-0.25, -0.2) is 0 Å². The van der Waals surface area contributed by atoms with Crippen LogP contribution in [-0.2, 0) is 0 Å². The minimum atomic E-state index is 0.0582. The molecule has 25 heavy (non-hydrogen) atoms. The molecule has 0 heterocycles. The van der Waals surface area contributed by atoms with Gasteiger partial charge in [-0.05, 0) is 50.5 Å². The first kappa shape index (κ1) is 23.2. The fourth-order valence-corrected chi connectivity index (χ4v) is 2.08. The molecule has 0 aromatic heterocycles. The van der Waals surface area contributed by atoms with Crippen LogP contribution in [0.3, 0.4) is 0 Å². The van der Waals surface area contributed by atoms with Gasteiger partial charge in [-0.15, -0.1) is 0 Å². The molecule has 0 N–H and O–H groups in total. The minimum absolute atomic E-state index is 0.0582. The van der Waals surface area contributed by atoms with Crippen LogP contribution < -0.4 is 4.90 Å². The Morgan fingerprint density at radius 2 is 0.920 bits per heavy atom. The number of anilines is 2. The summed E-state index contributed by atoms with van der Waals surface area (Å²) in [6.07, 6.45) is 1.27. The van der Waals surface area contributed by atoms with Crippen molar-refractivity contribution in [3.05, 3.63) is 60.7 Å². The summed E-state index contributed by atoms with van der Waals surface area (Å²) < 4.78 is 0. The monoisotopic (exact) mass is 341 g/mol. The smallest absolute Gasteiger partial charge is 0.0415 e. The SMILES string of the molecule is CC.CC(C)(C)N(c1ccccc1)c1ccccc1.CCC(C)(C)C. The molecule has 0 amide bonds. The van der Waals surface area contributed by atoms with E-state index in [2.05, 4.69) is 114 Å². The van der Waals surface area contributed by atoms with E-state index in [1.54, 1.807) is 0 Å². The van der Waals surface area contributed by atoms with Gasteiger partial charge in [-0.3, -0.25) is 0 Å². The maximum Gasteiger partial charge on any atom is 0.0415 e. The molecule has 2 aromatic carbocycles. The molecule has 0 saturated carbocycles. The quantitative estimate of drug-likeness (QED) is 0.533. The van der Waals surface area contributed by atoms with E-state index in [1.807, 2.05) is 13.8 Å². The van der Waals surface area contributed by atoms with Crippen LogP contribution in [0, 0.1) is 5.41 Å². The number of benzene rings is 2. The molecule has 0 bridgehead atoms. The molecule has 0 fully saturated rings. The highest BCUT2D eigenvalue weighted by molar-refractivity contribution is 5.65.